The van der Waals surface area contributed by atoms with Gasteiger partial charge in [0.05, 0.1) is 5.56 Å². The molecule has 0 bridgehead atoms. The summed E-state index contributed by atoms with van der Waals surface area (Å²) < 4.78 is 10.3. The molecule has 0 aliphatic carbocycles. The predicted octanol–water partition coefficient (Wildman–Crippen LogP) is 4.57. The van der Waals surface area contributed by atoms with Crippen LogP contribution in [-0.2, 0) is 5.86 Å². The first-order valence-corrected chi connectivity index (χ1v) is 8.70. The zero-order valence-corrected chi connectivity index (χ0v) is 15.2. The molecule has 1 aromatic carbocycles. The molecule has 1 unspecified atom stereocenters. The molecular weight excluding hydrogens is 402 g/mol. The van der Waals surface area contributed by atoms with Gasteiger partial charge in [-0.15, -0.1) is 11.6 Å². The van der Waals surface area contributed by atoms with Gasteiger partial charge in [0.1, 0.15) is 15.9 Å². The summed E-state index contributed by atoms with van der Waals surface area (Å²) in [6.07, 6.45) is 1.64. The van der Waals surface area contributed by atoms with E-state index in [1.54, 1.807) is 6.20 Å². The molecule has 5 nitrogen and oxygen atoms in total. The highest BCUT2D eigenvalue weighted by Crippen LogP contribution is 2.30. The Balaban J connectivity index is 2.01. The molecule has 0 amide bonds. The first-order valence-electron chi connectivity index (χ1n) is 8.05. The van der Waals surface area contributed by atoms with Crippen molar-refractivity contribution in [1.82, 2.24) is 19.5 Å². The van der Waals surface area contributed by atoms with Gasteiger partial charge in [-0.3, -0.25) is 4.57 Å². The predicted molar refractivity (Wildman–Crippen MR) is 104 cm³/mol. The lowest BCUT2D eigenvalue weighted by Crippen LogP contribution is -2.02. The number of anilines is 1. The smallest absolute Gasteiger partial charge is 0.166 e. The van der Waals surface area contributed by atoms with Crippen molar-refractivity contribution in [2.45, 2.75) is 5.86 Å². The fourth-order valence-electron chi connectivity index (χ4n) is 2.66. The van der Waals surface area contributed by atoms with Gasteiger partial charge >= 0.3 is 0 Å². The summed E-state index contributed by atoms with van der Waals surface area (Å²) in [4.78, 5) is 13.5. The van der Waals surface area contributed by atoms with E-state index in [1.165, 1.54) is 0 Å². The van der Waals surface area contributed by atoms with Crippen LogP contribution in [0.1, 0.15) is 6.93 Å². The van der Waals surface area contributed by atoms with Crippen LogP contribution in [0.5, 0.6) is 0 Å². The van der Waals surface area contributed by atoms with Crippen molar-refractivity contribution in [2.75, 3.05) is 5.73 Å². The molecule has 0 saturated heterocycles. The van der Waals surface area contributed by atoms with E-state index in [0.717, 1.165) is 22.3 Å². The van der Waals surface area contributed by atoms with Crippen LogP contribution in [0, 0.1) is 0 Å². The maximum atomic E-state index is 7.63. The van der Waals surface area contributed by atoms with Crippen LogP contribution in [0.25, 0.3) is 28.2 Å². The average molecular weight is 416 g/mol. The number of halogens is 2. The number of nitrogens with two attached hydrogens (primary N) is 1. The van der Waals surface area contributed by atoms with Gasteiger partial charge in [0.25, 0.3) is 0 Å². The van der Waals surface area contributed by atoms with E-state index in [2.05, 4.69) is 25.9 Å². The van der Waals surface area contributed by atoms with E-state index < -0.39 is 5.86 Å². The topological polar surface area (TPSA) is 69.6 Å². The number of benzene rings is 1. The molecule has 1 atom stereocenters. The number of rotatable bonds is 3. The van der Waals surface area contributed by atoms with Crippen molar-refractivity contribution in [2.24, 2.45) is 0 Å². The van der Waals surface area contributed by atoms with Gasteiger partial charge in [-0.2, -0.15) is 0 Å². The van der Waals surface area contributed by atoms with Gasteiger partial charge in [0.2, 0.25) is 0 Å². The first kappa shape index (κ1) is 14.9. The maximum Gasteiger partial charge on any atom is 0.166 e. The molecule has 4 aromatic rings. The maximum absolute atomic E-state index is 7.63. The average Bonchev–Trinajstić information content (AvgIpc) is 3.00. The Hall–Kier alpha value is -2.44. The molecule has 3 aromatic heterocycles. The van der Waals surface area contributed by atoms with Crippen LogP contribution in [0.15, 0.2) is 59.3 Å². The highest BCUT2D eigenvalue weighted by molar-refractivity contribution is 9.10. The Morgan fingerprint density at radius 1 is 1.12 bits per heavy atom. The van der Waals surface area contributed by atoms with Crippen molar-refractivity contribution in [3.8, 4) is 17.1 Å². The third-order valence-electron chi connectivity index (χ3n) is 3.83. The van der Waals surface area contributed by atoms with Gasteiger partial charge in [-0.05, 0) is 57.9 Å². The third-order valence-corrected chi connectivity index (χ3v) is 4.52. The van der Waals surface area contributed by atoms with Crippen molar-refractivity contribution < 1.29 is 1.37 Å². The standard InChI is InChI=1S/C18H13BrClN5/c19-15-8-7-14-18(24-15)25(12-5-3-11(10-20)4-6-12)17(23-14)13-2-1-9-22-16(13)21/h1-9H,10H2,(H2,21,22)/i10D. The molecule has 0 aliphatic heterocycles. The van der Waals surface area contributed by atoms with Crippen LogP contribution in [0.3, 0.4) is 0 Å². The van der Waals surface area contributed by atoms with Gasteiger partial charge in [-0.1, -0.05) is 12.1 Å². The van der Waals surface area contributed by atoms with Gasteiger partial charge in [-0.25, -0.2) is 15.0 Å². The zero-order chi connectivity index (χ0) is 18.3. The minimum absolute atomic E-state index is 0.395. The van der Waals surface area contributed by atoms with Crippen LogP contribution in [0.2, 0.25) is 0 Å². The SMILES string of the molecule is [2H]C(Cl)c1ccc(-n2c(-c3cccnc3N)nc3ccc(Br)nc32)cc1. The molecule has 4 rings (SSSR count). The fraction of sp³-hybridized carbons (Fsp3) is 0.0556. The van der Waals surface area contributed by atoms with Gasteiger partial charge in [0.15, 0.2) is 11.5 Å². The quantitative estimate of drug-likeness (QED) is 0.393. The summed E-state index contributed by atoms with van der Waals surface area (Å²) in [7, 11) is 0. The Bertz CT molecular complexity index is 1090. The number of pyridine rings is 2. The molecule has 0 fully saturated rings. The van der Waals surface area contributed by atoms with Crippen molar-refractivity contribution in [3.63, 3.8) is 0 Å². The van der Waals surface area contributed by atoms with Crippen LogP contribution in [-0.4, -0.2) is 19.5 Å². The Morgan fingerprint density at radius 3 is 2.64 bits per heavy atom. The first-order chi connectivity index (χ1) is 12.5. The highest BCUT2D eigenvalue weighted by Gasteiger charge is 2.17. The van der Waals surface area contributed by atoms with Crippen LogP contribution >= 0.6 is 27.5 Å². The molecule has 3 heterocycles. The lowest BCUT2D eigenvalue weighted by atomic mass is 10.2. The van der Waals surface area contributed by atoms with Crippen molar-refractivity contribution in [3.05, 3.63) is 64.9 Å². The fourth-order valence-corrected chi connectivity index (χ4v) is 3.11. The number of imidazole rings is 1. The van der Waals surface area contributed by atoms with E-state index >= 15 is 0 Å². The lowest BCUT2D eigenvalue weighted by molar-refractivity contribution is 1.07. The summed E-state index contributed by atoms with van der Waals surface area (Å²) in [5.74, 6) is 0.244. The molecule has 124 valence electrons. The number of hydrogen-bond donors (Lipinski definition) is 1. The molecule has 7 heteroatoms. The van der Waals surface area contributed by atoms with E-state index in [-0.39, 0.29) is 0 Å². The highest BCUT2D eigenvalue weighted by atomic mass is 79.9. The molecule has 0 saturated carbocycles. The van der Waals surface area contributed by atoms with Crippen molar-refractivity contribution >= 4 is 44.5 Å². The monoisotopic (exact) mass is 414 g/mol. The molecule has 0 spiro atoms. The second-order valence-electron chi connectivity index (χ2n) is 5.38. The number of hydrogen-bond acceptors (Lipinski definition) is 4. The second kappa shape index (κ2) is 6.46. The molecule has 0 aliphatic rings. The second-order valence-corrected chi connectivity index (χ2v) is 6.42. The lowest BCUT2D eigenvalue weighted by Gasteiger charge is -2.10. The summed E-state index contributed by atoms with van der Waals surface area (Å²) in [5, 5.41) is 0. The van der Waals surface area contributed by atoms with Gasteiger partial charge < -0.3 is 5.73 Å². The largest absolute Gasteiger partial charge is 0.383 e. The number of alkyl halides is 1. The molecule has 25 heavy (non-hydrogen) atoms. The summed E-state index contributed by atoms with van der Waals surface area (Å²) in [6, 6.07) is 14.9. The van der Waals surface area contributed by atoms with E-state index in [4.69, 9.17) is 23.7 Å². The number of nitrogens with zero attached hydrogens (tertiary/aromatic N) is 4. The summed E-state index contributed by atoms with van der Waals surface area (Å²) in [5.41, 5.74) is 9.80. The van der Waals surface area contributed by atoms with Crippen LogP contribution < -0.4 is 5.73 Å². The molecule has 0 radical (unpaired) electrons. The number of fused-ring (bicyclic) bond motifs is 1. The molecule has 2 N–H and O–H groups in total. The summed E-state index contributed by atoms with van der Waals surface area (Å²) in [6.45, 7) is 0. The van der Waals surface area contributed by atoms with Crippen molar-refractivity contribution in [1.29, 1.82) is 0 Å². The van der Waals surface area contributed by atoms with Crippen LogP contribution in [0.4, 0.5) is 5.82 Å². The summed E-state index contributed by atoms with van der Waals surface area (Å²) >= 11 is 9.27. The molecular formula is C18H13BrClN5. The number of aromatic nitrogens is 4. The van der Waals surface area contributed by atoms with E-state index in [1.807, 2.05) is 53.1 Å². The zero-order valence-electron chi connectivity index (χ0n) is 13.9. The normalized spacial score (nSPS) is 13.0. The van der Waals surface area contributed by atoms with E-state index in [9.17, 15) is 0 Å². The van der Waals surface area contributed by atoms with E-state index in [0.29, 0.717) is 21.9 Å². The Labute approximate surface area is 159 Å². The Kier molecular flexibility index (Phi) is 3.84. The Morgan fingerprint density at radius 2 is 1.92 bits per heavy atom. The number of nitrogen functional groups attached to an aromatic ring is 1. The minimum Gasteiger partial charge on any atom is -0.383 e. The van der Waals surface area contributed by atoms with Gasteiger partial charge in [0, 0.05) is 19.1 Å². The minimum atomic E-state index is -0.802. The third kappa shape index (κ3) is 2.88.